The number of halogens is 1. The van der Waals surface area contributed by atoms with E-state index in [1.54, 1.807) is 30.3 Å². The van der Waals surface area contributed by atoms with Crippen LogP contribution in [0.25, 0.3) is 0 Å². The summed E-state index contributed by atoms with van der Waals surface area (Å²) in [7, 11) is 0. The Balaban J connectivity index is 1.90. The van der Waals surface area contributed by atoms with E-state index in [2.05, 4.69) is 29.1 Å². The molecule has 2 amide bonds. The molecule has 0 saturated carbocycles. The van der Waals surface area contributed by atoms with E-state index in [4.69, 9.17) is 4.74 Å². The molecule has 4 nitrogen and oxygen atoms in total. The standard InChI is InChI=1S/C18H16BrNO3/c1-3-13-12(8-9-23-16(13)11(2)19)10-20-17(21)14-6-4-5-7-15(14)18(20)22/h3-7,12H,1-2,8-10H2. The molecular weight excluding hydrogens is 358 g/mol. The molecule has 5 heteroatoms. The number of nitrogens with zero attached hydrogens (tertiary/aromatic N) is 1. The van der Waals surface area contributed by atoms with Gasteiger partial charge in [-0.25, -0.2) is 0 Å². The molecule has 2 heterocycles. The molecule has 0 fully saturated rings. The van der Waals surface area contributed by atoms with Crippen LogP contribution in [-0.2, 0) is 4.74 Å². The zero-order valence-electron chi connectivity index (χ0n) is 12.5. The predicted octanol–water partition coefficient (Wildman–Crippen LogP) is 3.67. The highest BCUT2D eigenvalue weighted by Gasteiger charge is 2.37. The van der Waals surface area contributed by atoms with Crippen LogP contribution in [0.1, 0.15) is 27.1 Å². The van der Waals surface area contributed by atoms with Gasteiger partial charge in [0.1, 0.15) is 5.76 Å². The largest absolute Gasteiger partial charge is 0.492 e. The minimum atomic E-state index is -0.236. The van der Waals surface area contributed by atoms with Crippen LogP contribution >= 0.6 is 15.9 Å². The summed E-state index contributed by atoms with van der Waals surface area (Å²) in [4.78, 5) is 26.3. The third-order valence-electron chi connectivity index (χ3n) is 4.16. The molecule has 1 unspecified atom stereocenters. The van der Waals surface area contributed by atoms with E-state index in [1.165, 1.54) is 4.90 Å². The first-order valence-corrected chi connectivity index (χ1v) is 8.13. The van der Waals surface area contributed by atoms with Gasteiger partial charge in [0.15, 0.2) is 0 Å². The fourth-order valence-electron chi connectivity index (χ4n) is 3.04. The molecule has 0 spiro atoms. The van der Waals surface area contributed by atoms with E-state index in [9.17, 15) is 9.59 Å². The Labute approximate surface area is 143 Å². The molecule has 23 heavy (non-hydrogen) atoms. The van der Waals surface area contributed by atoms with Gasteiger partial charge < -0.3 is 4.74 Å². The number of carbonyl (C=O) groups is 2. The number of benzene rings is 1. The highest BCUT2D eigenvalue weighted by Crippen LogP contribution is 2.34. The summed E-state index contributed by atoms with van der Waals surface area (Å²) in [6.45, 7) is 8.51. The Morgan fingerprint density at radius 3 is 2.43 bits per heavy atom. The van der Waals surface area contributed by atoms with Crippen LogP contribution in [0.4, 0.5) is 0 Å². The van der Waals surface area contributed by atoms with Crippen LogP contribution in [0, 0.1) is 5.92 Å². The fraction of sp³-hybridized carbons (Fsp3) is 0.222. The van der Waals surface area contributed by atoms with Crippen molar-refractivity contribution in [3.8, 4) is 0 Å². The summed E-state index contributed by atoms with van der Waals surface area (Å²) in [5.74, 6) is 0.167. The Bertz CT molecular complexity index is 715. The number of fused-ring (bicyclic) bond motifs is 1. The number of amides is 2. The molecule has 2 aliphatic heterocycles. The zero-order valence-corrected chi connectivity index (χ0v) is 14.1. The summed E-state index contributed by atoms with van der Waals surface area (Å²) in [5, 5.41) is 0. The molecule has 0 radical (unpaired) electrons. The van der Waals surface area contributed by atoms with Gasteiger partial charge >= 0.3 is 0 Å². The first-order chi connectivity index (χ1) is 11.0. The van der Waals surface area contributed by atoms with Crippen molar-refractivity contribution in [2.75, 3.05) is 13.2 Å². The van der Waals surface area contributed by atoms with E-state index >= 15 is 0 Å². The van der Waals surface area contributed by atoms with E-state index in [-0.39, 0.29) is 17.7 Å². The van der Waals surface area contributed by atoms with Crippen molar-refractivity contribution < 1.29 is 14.3 Å². The second-order valence-electron chi connectivity index (χ2n) is 5.49. The van der Waals surface area contributed by atoms with E-state index in [1.807, 2.05) is 0 Å². The number of rotatable bonds is 4. The summed E-state index contributed by atoms with van der Waals surface area (Å²) < 4.78 is 6.27. The Hall–Kier alpha value is -2.14. The molecular formula is C18H16BrNO3. The minimum absolute atomic E-state index is 0.00670. The van der Waals surface area contributed by atoms with E-state index in [0.717, 1.165) is 12.0 Å². The van der Waals surface area contributed by atoms with Crippen molar-refractivity contribution in [1.82, 2.24) is 4.90 Å². The lowest BCUT2D eigenvalue weighted by Gasteiger charge is -2.29. The van der Waals surface area contributed by atoms with Crippen molar-refractivity contribution in [1.29, 1.82) is 0 Å². The molecule has 0 aromatic heterocycles. The molecule has 3 rings (SSSR count). The smallest absolute Gasteiger partial charge is 0.261 e. The van der Waals surface area contributed by atoms with Gasteiger partial charge in [0.25, 0.3) is 11.8 Å². The highest BCUT2D eigenvalue weighted by molar-refractivity contribution is 9.11. The van der Waals surface area contributed by atoms with Crippen LogP contribution in [-0.4, -0.2) is 29.9 Å². The van der Waals surface area contributed by atoms with Crippen molar-refractivity contribution in [3.05, 3.63) is 70.4 Å². The molecule has 1 atom stereocenters. The number of carbonyl (C=O) groups excluding carboxylic acids is 2. The molecule has 1 aromatic carbocycles. The van der Waals surface area contributed by atoms with Crippen LogP contribution in [0.5, 0.6) is 0 Å². The molecule has 0 bridgehead atoms. The Morgan fingerprint density at radius 2 is 1.91 bits per heavy atom. The van der Waals surface area contributed by atoms with Gasteiger partial charge in [-0.2, -0.15) is 0 Å². The summed E-state index contributed by atoms with van der Waals surface area (Å²) in [6, 6.07) is 6.92. The lowest BCUT2D eigenvalue weighted by Crippen LogP contribution is -2.36. The van der Waals surface area contributed by atoms with Gasteiger partial charge in [0.2, 0.25) is 0 Å². The third kappa shape index (κ3) is 2.65. The van der Waals surface area contributed by atoms with Crippen molar-refractivity contribution in [2.24, 2.45) is 5.92 Å². The normalized spacial score (nSPS) is 20.4. The van der Waals surface area contributed by atoms with Crippen LogP contribution < -0.4 is 0 Å². The average Bonchev–Trinajstić information content (AvgIpc) is 2.80. The van der Waals surface area contributed by atoms with Crippen molar-refractivity contribution >= 4 is 27.7 Å². The van der Waals surface area contributed by atoms with Gasteiger partial charge in [-0.3, -0.25) is 14.5 Å². The number of hydrogen-bond acceptors (Lipinski definition) is 3. The maximum Gasteiger partial charge on any atom is 0.261 e. The third-order valence-corrected chi connectivity index (χ3v) is 4.52. The monoisotopic (exact) mass is 373 g/mol. The quantitative estimate of drug-likeness (QED) is 0.756. The van der Waals surface area contributed by atoms with Crippen LogP contribution in [0.2, 0.25) is 0 Å². The maximum absolute atomic E-state index is 12.5. The zero-order chi connectivity index (χ0) is 16.6. The first-order valence-electron chi connectivity index (χ1n) is 7.34. The van der Waals surface area contributed by atoms with Crippen molar-refractivity contribution in [2.45, 2.75) is 6.42 Å². The van der Waals surface area contributed by atoms with Gasteiger partial charge in [-0.05, 0) is 40.1 Å². The topological polar surface area (TPSA) is 46.6 Å². The Morgan fingerprint density at radius 1 is 1.30 bits per heavy atom. The molecule has 2 aliphatic rings. The number of ether oxygens (including phenoxy) is 1. The van der Waals surface area contributed by atoms with E-state index < -0.39 is 0 Å². The average molecular weight is 374 g/mol. The molecule has 118 valence electrons. The maximum atomic E-state index is 12.5. The summed E-state index contributed by atoms with van der Waals surface area (Å²) in [5.41, 5.74) is 1.81. The molecule has 0 aliphatic carbocycles. The van der Waals surface area contributed by atoms with E-state index in [0.29, 0.717) is 34.5 Å². The lowest BCUT2D eigenvalue weighted by molar-refractivity contribution is 0.0618. The molecule has 0 N–H and O–H groups in total. The predicted molar refractivity (Wildman–Crippen MR) is 91.2 cm³/mol. The SMILES string of the molecule is C=CC1=C(C(=C)Br)OCCC1CN1C(=O)c2ccccc2C1=O. The van der Waals surface area contributed by atoms with Gasteiger partial charge in [0.05, 0.1) is 22.2 Å². The van der Waals surface area contributed by atoms with Gasteiger partial charge in [-0.15, -0.1) is 0 Å². The van der Waals surface area contributed by atoms with Gasteiger partial charge in [0, 0.05) is 12.5 Å². The fourth-order valence-corrected chi connectivity index (χ4v) is 3.38. The summed E-state index contributed by atoms with van der Waals surface area (Å²) >= 11 is 3.33. The second-order valence-corrected chi connectivity index (χ2v) is 6.45. The number of hydrogen-bond donors (Lipinski definition) is 0. The van der Waals surface area contributed by atoms with Crippen LogP contribution in [0.3, 0.4) is 0 Å². The van der Waals surface area contributed by atoms with Gasteiger partial charge in [-0.1, -0.05) is 31.4 Å². The van der Waals surface area contributed by atoms with Crippen molar-refractivity contribution in [3.63, 3.8) is 0 Å². The lowest BCUT2D eigenvalue weighted by atomic mass is 9.92. The van der Waals surface area contributed by atoms with Crippen LogP contribution in [0.15, 0.2) is 59.3 Å². The number of imide groups is 1. The first kappa shape index (κ1) is 15.7. The summed E-state index contributed by atoms with van der Waals surface area (Å²) in [6.07, 6.45) is 2.43. The highest BCUT2D eigenvalue weighted by atomic mass is 79.9. The number of allylic oxidation sites excluding steroid dienone is 2. The second kappa shape index (κ2) is 6.16. The molecule has 0 saturated heterocycles. The molecule has 1 aromatic rings. The minimum Gasteiger partial charge on any atom is -0.492 e. The Kier molecular flexibility index (Phi) is 4.22.